The van der Waals surface area contributed by atoms with Crippen LogP contribution >= 0.6 is 0 Å². The molecule has 0 saturated carbocycles. The molecule has 4 rings (SSSR count). The predicted octanol–water partition coefficient (Wildman–Crippen LogP) is 5.25. The van der Waals surface area contributed by atoms with E-state index in [1.807, 2.05) is 69.3 Å². The fourth-order valence-electron chi connectivity index (χ4n) is 4.06. The summed E-state index contributed by atoms with van der Waals surface area (Å²) in [5.74, 6) is -0.880. The molecule has 32 heavy (non-hydrogen) atoms. The van der Waals surface area contributed by atoms with Crippen molar-refractivity contribution in [2.24, 2.45) is 0 Å². The number of Topliss-reactive ketones (excluding diaryl/α,β-unsaturated/α-hetero) is 1. The Morgan fingerprint density at radius 2 is 1.56 bits per heavy atom. The van der Waals surface area contributed by atoms with E-state index in [0.717, 1.165) is 16.7 Å². The van der Waals surface area contributed by atoms with Crippen LogP contribution in [0.1, 0.15) is 33.9 Å². The second-order valence-electron chi connectivity index (χ2n) is 8.03. The van der Waals surface area contributed by atoms with Gasteiger partial charge in [0.25, 0.3) is 11.7 Å². The summed E-state index contributed by atoms with van der Waals surface area (Å²) in [5.41, 5.74) is 4.85. The average Bonchev–Trinajstić information content (AvgIpc) is 3.06. The van der Waals surface area contributed by atoms with Crippen molar-refractivity contribution in [1.29, 1.82) is 0 Å². The quantitative estimate of drug-likeness (QED) is 0.351. The molecule has 0 bridgehead atoms. The van der Waals surface area contributed by atoms with Crippen LogP contribution in [0.5, 0.6) is 5.75 Å². The molecule has 1 heterocycles. The van der Waals surface area contributed by atoms with E-state index in [-0.39, 0.29) is 11.3 Å². The van der Waals surface area contributed by atoms with Crippen LogP contribution in [0, 0.1) is 20.8 Å². The Bertz CT molecular complexity index is 1240. The van der Waals surface area contributed by atoms with Gasteiger partial charge in [-0.3, -0.25) is 14.5 Å². The number of aryl methyl sites for hydroxylation is 3. The number of hydrogen-bond acceptors (Lipinski definition) is 4. The first kappa shape index (κ1) is 21.4. The highest BCUT2D eigenvalue weighted by Crippen LogP contribution is 2.43. The number of para-hydroxylation sites is 1. The summed E-state index contributed by atoms with van der Waals surface area (Å²) in [6, 6.07) is 19.3. The lowest BCUT2D eigenvalue weighted by molar-refractivity contribution is -0.132. The van der Waals surface area contributed by atoms with Gasteiger partial charge in [0.1, 0.15) is 11.5 Å². The van der Waals surface area contributed by atoms with E-state index in [2.05, 4.69) is 0 Å². The van der Waals surface area contributed by atoms with Crippen LogP contribution in [0.15, 0.2) is 72.3 Å². The van der Waals surface area contributed by atoms with Crippen molar-refractivity contribution in [2.75, 3.05) is 12.0 Å². The fraction of sp³-hybridized carbons (Fsp3) is 0.185. The minimum absolute atomic E-state index is 0.0756. The van der Waals surface area contributed by atoms with E-state index < -0.39 is 17.7 Å². The van der Waals surface area contributed by atoms with E-state index in [9.17, 15) is 14.7 Å². The number of amides is 1. The molecule has 162 valence electrons. The first-order valence-electron chi connectivity index (χ1n) is 10.4. The number of methoxy groups -OCH3 is 1. The summed E-state index contributed by atoms with van der Waals surface area (Å²) >= 11 is 0. The van der Waals surface area contributed by atoms with Gasteiger partial charge < -0.3 is 9.84 Å². The van der Waals surface area contributed by atoms with Gasteiger partial charge in [-0.25, -0.2) is 0 Å². The molecule has 1 atom stereocenters. The number of carbonyl (C=O) groups excluding carboxylic acids is 2. The molecule has 1 aliphatic heterocycles. The lowest BCUT2D eigenvalue weighted by atomic mass is 9.94. The molecule has 0 aromatic heterocycles. The molecule has 1 aliphatic rings. The molecule has 5 nitrogen and oxygen atoms in total. The van der Waals surface area contributed by atoms with Gasteiger partial charge in [-0.2, -0.15) is 0 Å². The summed E-state index contributed by atoms with van der Waals surface area (Å²) < 4.78 is 5.26. The number of anilines is 1. The van der Waals surface area contributed by atoms with Crippen LogP contribution in [0.4, 0.5) is 5.69 Å². The van der Waals surface area contributed by atoms with E-state index in [4.69, 9.17) is 4.74 Å². The van der Waals surface area contributed by atoms with Gasteiger partial charge in [-0.05, 0) is 67.3 Å². The van der Waals surface area contributed by atoms with Crippen LogP contribution in [0.2, 0.25) is 0 Å². The molecule has 0 spiro atoms. The summed E-state index contributed by atoms with van der Waals surface area (Å²) in [6.07, 6.45) is 0. The molecule has 1 amide bonds. The summed E-state index contributed by atoms with van der Waals surface area (Å²) in [4.78, 5) is 28.0. The van der Waals surface area contributed by atoms with E-state index in [0.29, 0.717) is 22.6 Å². The SMILES string of the molecule is COc1ccc(C2/C(=C(/O)c3ccc(C)c(C)c3)C(=O)C(=O)N2c2ccccc2C)cc1. The monoisotopic (exact) mass is 427 g/mol. The first-order chi connectivity index (χ1) is 15.3. The van der Waals surface area contributed by atoms with Crippen LogP contribution in [-0.2, 0) is 9.59 Å². The molecule has 3 aromatic carbocycles. The van der Waals surface area contributed by atoms with E-state index in [1.165, 1.54) is 4.90 Å². The number of carbonyl (C=O) groups is 2. The smallest absolute Gasteiger partial charge is 0.300 e. The van der Waals surface area contributed by atoms with Gasteiger partial charge in [-0.15, -0.1) is 0 Å². The van der Waals surface area contributed by atoms with Crippen LogP contribution in [0.25, 0.3) is 5.76 Å². The van der Waals surface area contributed by atoms with Gasteiger partial charge in [0.15, 0.2) is 0 Å². The number of nitrogens with zero attached hydrogens (tertiary/aromatic N) is 1. The molecule has 1 fully saturated rings. The zero-order chi connectivity index (χ0) is 23.0. The Hall–Kier alpha value is -3.86. The number of hydrogen-bond donors (Lipinski definition) is 1. The molecule has 1 N–H and O–H groups in total. The Morgan fingerprint density at radius 1 is 0.875 bits per heavy atom. The second-order valence-corrected chi connectivity index (χ2v) is 8.03. The van der Waals surface area contributed by atoms with Crippen LogP contribution in [-0.4, -0.2) is 23.9 Å². The van der Waals surface area contributed by atoms with E-state index in [1.54, 1.807) is 25.3 Å². The van der Waals surface area contributed by atoms with Gasteiger partial charge in [0, 0.05) is 11.3 Å². The highest BCUT2D eigenvalue weighted by atomic mass is 16.5. The topological polar surface area (TPSA) is 66.8 Å². The largest absolute Gasteiger partial charge is 0.507 e. The lowest BCUT2D eigenvalue weighted by Crippen LogP contribution is -2.30. The van der Waals surface area contributed by atoms with Crippen molar-refractivity contribution in [3.8, 4) is 5.75 Å². The molecule has 3 aromatic rings. The molecule has 0 aliphatic carbocycles. The summed E-state index contributed by atoms with van der Waals surface area (Å²) in [7, 11) is 1.58. The Labute approximate surface area is 187 Å². The minimum atomic E-state index is -0.761. The van der Waals surface area contributed by atoms with Crippen molar-refractivity contribution >= 4 is 23.1 Å². The van der Waals surface area contributed by atoms with E-state index >= 15 is 0 Å². The van der Waals surface area contributed by atoms with Crippen molar-refractivity contribution < 1.29 is 19.4 Å². The van der Waals surface area contributed by atoms with Crippen molar-refractivity contribution in [3.63, 3.8) is 0 Å². The standard InChI is InChI=1S/C27H25NO4/c1-16-9-10-20(15-18(16)3)25(29)23-24(19-11-13-21(32-4)14-12-19)28(27(31)26(23)30)22-8-6-5-7-17(22)2/h5-15,24,29H,1-4H3/b25-23-. The molecular formula is C27H25NO4. The normalized spacial score (nSPS) is 17.6. The fourth-order valence-corrected chi connectivity index (χ4v) is 4.06. The van der Waals surface area contributed by atoms with Gasteiger partial charge in [-0.1, -0.05) is 42.5 Å². The zero-order valence-corrected chi connectivity index (χ0v) is 18.5. The average molecular weight is 428 g/mol. The Kier molecular flexibility index (Phi) is 5.57. The number of ketones is 1. The maximum Gasteiger partial charge on any atom is 0.300 e. The number of rotatable bonds is 4. The highest BCUT2D eigenvalue weighted by Gasteiger charge is 2.47. The van der Waals surface area contributed by atoms with Gasteiger partial charge in [0.2, 0.25) is 0 Å². The number of aliphatic hydroxyl groups excluding tert-OH is 1. The Morgan fingerprint density at radius 3 is 2.19 bits per heavy atom. The first-order valence-corrected chi connectivity index (χ1v) is 10.4. The van der Waals surface area contributed by atoms with Crippen LogP contribution < -0.4 is 9.64 Å². The van der Waals surface area contributed by atoms with Crippen molar-refractivity contribution in [2.45, 2.75) is 26.8 Å². The van der Waals surface area contributed by atoms with Gasteiger partial charge >= 0.3 is 0 Å². The zero-order valence-electron chi connectivity index (χ0n) is 18.5. The van der Waals surface area contributed by atoms with Crippen LogP contribution in [0.3, 0.4) is 0 Å². The summed E-state index contributed by atoms with van der Waals surface area (Å²) in [5, 5.41) is 11.2. The van der Waals surface area contributed by atoms with Crippen molar-refractivity contribution in [1.82, 2.24) is 0 Å². The van der Waals surface area contributed by atoms with Gasteiger partial charge in [0.05, 0.1) is 18.7 Å². The Balaban J connectivity index is 1.96. The molecule has 1 saturated heterocycles. The van der Waals surface area contributed by atoms with Crippen molar-refractivity contribution in [3.05, 3.63) is 100 Å². The predicted molar refractivity (Wildman–Crippen MR) is 125 cm³/mol. The third kappa shape index (κ3) is 3.56. The highest BCUT2D eigenvalue weighted by molar-refractivity contribution is 6.51. The molecular weight excluding hydrogens is 402 g/mol. The third-order valence-electron chi connectivity index (χ3n) is 6.03. The number of benzene rings is 3. The minimum Gasteiger partial charge on any atom is -0.507 e. The third-order valence-corrected chi connectivity index (χ3v) is 6.03. The second kappa shape index (κ2) is 8.35. The number of ether oxygens (including phenoxy) is 1. The number of aliphatic hydroxyl groups is 1. The molecule has 1 unspecified atom stereocenters. The molecule has 5 heteroatoms. The molecule has 0 radical (unpaired) electrons. The summed E-state index contributed by atoms with van der Waals surface area (Å²) in [6.45, 7) is 5.82. The maximum absolute atomic E-state index is 13.2. The lowest BCUT2D eigenvalue weighted by Gasteiger charge is -2.27. The maximum atomic E-state index is 13.2.